The summed E-state index contributed by atoms with van der Waals surface area (Å²) in [4.78, 5) is 16.8. The van der Waals surface area contributed by atoms with E-state index in [4.69, 9.17) is 0 Å². The van der Waals surface area contributed by atoms with Crippen LogP contribution >= 0.6 is 11.8 Å². The lowest BCUT2D eigenvalue weighted by molar-refractivity contribution is -0.113. The fourth-order valence-electron chi connectivity index (χ4n) is 3.39. The quantitative estimate of drug-likeness (QED) is 0.354. The van der Waals surface area contributed by atoms with E-state index in [0.717, 1.165) is 11.3 Å². The molecule has 168 valence electrons. The smallest absolute Gasteiger partial charge is 0.234 e. The van der Waals surface area contributed by atoms with Crippen LogP contribution in [0.3, 0.4) is 0 Å². The van der Waals surface area contributed by atoms with Crippen molar-refractivity contribution in [1.82, 2.24) is 29.5 Å². The normalized spacial score (nSPS) is 10.9. The maximum absolute atomic E-state index is 13.4. The molecule has 2 heterocycles. The van der Waals surface area contributed by atoms with Crippen molar-refractivity contribution in [2.75, 3.05) is 11.1 Å². The molecular weight excluding hydrogens is 453 g/mol. The van der Waals surface area contributed by atoms with Gasteiger partial charge in [-0.2, -0.15) is 5.10 Å². The molecule has 0 bridgehead atoms. The molecule has 1 amide bonds. The Balaban J connectivity index is 1.38. The van der Waals surface area contributed by atoms with Gasteiger partial charge in [-0.3, -0.25) is 9.36 Å². The lowest BCUT2D eigenvalue weighted by atomic mass is 10.2. The maximum atomic E-state index is 13.4. The number of halogens is 1. The van der Waals surface area contributed by atoms with Gasteiger partial charge in [-0.05, 0) is 48.5 Å². The number of amides is 1. The minimum absolute atomic E-state index is 0.111. The molecule has 34 heavy (non-hydrogen) atoms. The predicted octanol–water partition coefficient (Wildman–Crippen LogP) is 4.38. The summed E-state index contributed by atoms with van der Waals surface area (Å²) in [6.07, 6.45) is 3.00. The molecular formula is C24H18FN7OS. The molecule has 10 heteroatoms. The van der Waals surface area contributed by atoms with Crippen LogP contribution in [0.4, 0.5) is 10.1 Å². The van der Waals surface area contributed by atoms with Crippen molar-refractivity contribution in [3.8, 4) is 22.8 Å². The van der Waals surface area contributed by atoms with E-state index < -0.39 is 0 Å². The van der Waals surface area contributed by atoms with Crippen molar-refractivity contribution >= 4 is 23.4 Å². The van der Waals surface area contributed by atoms with Crippen molar-refractivity contribution in [1.29, 1.82) is 0 Å². The highest BCUT2D eigenvalue weighted by Gasteiger charge is 2.18. The largest absolute Gasteiger partial charge is 0.323 e. The van der Waals surface area contributed by atoms with Crippen molar-refractivity contribution in [3.05, 3.63) is 97.3 Å². The Labute approximate surface area is 198 Å². The van der Waals surface area contributed by atoms with Gasteiger partial charge in [-0.25, -0.2) is 14.1 Å². The molecule has 0 radical (unpaired) electrons. The first kappa shape index (κ1) is 21.5. The van der Waals surface area contributed by atoms with Crippen LogP contribution in [0, 0.1) is 5.82 Å². The van der Waals surface area contributed by atoms with Gasteiger partial charge in [-0.15, -0.1) is 10.2 Å². The Morgan fingerprint density at radius 3 is 2.47 bits per heavy atom. The number of nitrogens with zero attached hydrogens (tertiary/aromatic N) is 6. The van der Waals surface area contributed by atoms with Crippen molar-refractivity contribution < 1.29 is 9.18 Å². The minimum atomic E-state index is -0.327. The molecule has 0 spiro atoms. The van der Waals surface area contributed by atoms with Gasteiger partial charge < -0.3 is 5.32 Å². The summed E-state index contributed by atoms with van der Waals surface area (Å²) in [6.45, 7) is 0. The summed E-state index contributed by atoms with van der Waals surface area (Å²) in [5.74, 6) is 0.140. The molecule has 0 saturated heterocycles. The second-order valence-electron chi connectivity index (χ2n) is 7.18. The molecule has 0 unspecified atom stereocenters. The number of benzene rings is 3. The Kier molecular flexibility index (Phi) is 6.13. The van der Waals surface area contributed by atoms with Crippen LogP contribution in [0.2, 0.25) is 0 Å². The maximum Gasteiger partial charge on any atom is 0.234 e. The molecule has 0 aliphatic carbocycles. The summed E-state index contributed by atoms with van der Waals surface area (Å²) in [6, 6.07) is 23.0. The van der Waals surface area contributed by atoms with Gasteiger partial charge in [0.05, 0.1) is 17.1 Å². The highest BCUT2D eigenvalue weighted by atomic mass is 32.2. The third-order valence-electron chi connectivity index (χ3n) is 4.93. The number of para-hydroxylation sites is 3. The number of hydrogen-bond donors (Lipinski definition) is 1. The Bertz CT molecular complexity index is 1400. The molecule has 0 aliphatic rings. The molecule has 0 fully saturated rings. The van der Waals surface area contributed by atoms with Gasteiger partial charge in [0.2, 0.25) is 5.91 Å². The lowest BCUT2D eigenvalue weighted by Crippen LogP contribution is -2.16. The fourth-order valence-corrected chi connectivity index (χ4v) is 4.14. The number of nitrogens with one attached hydrogen (secondary N) is 1. The number of rotatable bonds is 7. The molecule has 0 atom stereocenters. The molecule has 8 nitrogen and oxygen atoms in total. The molecule has 5 rings (SSSR count). The highest BCUT2D eigenvalue weighted by molar-refractivity contribution is 7.99. The fraction of sp³-hybridized carbons (Fsp3) is 0.0417. The van der Waals surface area contributed by atoms with Crippen LogP contribution in [0.5, 0.6) is 0 Å². The average Bonchev–Trinajstić information content (AvgIpc) is 3.55. The summed E-state index contributed by atoms with van der Waals surface area (Å²) in [7, 11) is 0. The number of carbonyl (C=O) groups is 1. The zero-order valence-electron chi connectivity index (χ0n) is 17.7. The summed E-state index contributed by atoms with van der Waals surface area (Å²) in [5, 5.41) is 16.2. The molecule has 1 N–H and O–H groups in total. The standard InChI is InChI=1S/C24H18FN7OS/c25-18-12-10-17(11-13-18)23-29-30-24(32(23)19-6-2-1-3-7-19)34-14-22(33)28-20-8-4-5-9-21(20)31-16-26-15-27-31/h1-13,15-16H,14H2,(H,28,33). The molecule has 5 aromatic rings. The number of anilines is 1. The Hall–Kier alpha value is -4.31. The van der Waals surface area contributed by atoms with E-state index in [-0.39, 0.29) is 17.5 Å². The first-order chi connectivity index (χ1) is 16.7. The second-order valence-corrected chi connectivity index (χ2v) is 8.12. The molecule has 3 aromatic carbocycles. The van der Waals surface area contributed by atoms with E-state index in [9.17, 15) is 9.18 Å². The van der Waals surface area contributed by atoms with Gasteiger partial charge in [0.15, 0.2) is 11.0 Å². The number of aromatic nitrogens is 6. The average molecular weight is 472 g/mol. The van der Waals surface area contributed by atoms with Crippen molar-refractivity contribution in [2.24, 2.45) is 0 Å². The van der Waals surface area contributed by atoms with Crippen molar-refractivity contribution in [3.63, 3.8) is 0 Å². The number of hydrogen-bond acceptors (Lipinski definition) is 6. The molecule has 0 aliphatic heterocycles. The third kappa shape index (κ3) is 4.57. The lowest BCUT2D eigenvalue weighted by Gasteiger charge is -2.12. The van der Waals surface area contributed by atoms with Crippen LogP contribution < -0.4 is 5.32 Å². The van der Waals surface area contributed by atoms with E-state index in [1.165, 1.54) is 30.2 Å². The van der Waals surface area contributed by atoms with Gasteiger partial charge in [0.1, 0.15) is 18.5 Å². The van der Waals surface area contributed by atoms with E-state index in [1.54, 1.807) is 29.2 Å². The number of carbonyl (C=O) groups excluding carboxylic acids is 1. The predicted molar refractivity (Wildman–Crippen MR) is 127 cm³/mol. The Morgan fingerprint density at radius 1 is 0.941 bits per heavy atom. The first-order valence-electron chi connectivity index (χ1n) is 10.3. The van der Waals surface area contributed by atoms with Crippen LogP contribution in [0.15, 0.2) is 96.7 Å². The zero-order chi connectivity index (χ0) is 23.3. The third-order valence-corrected chi connectivity index (χ3v) is 5.86. The summed E-state index contributed by atoms with van der Waals surface area (Å²) in [5.41, 5.74) is 2.89. The topological polar surface area (TPSA) is 90.5 Å². The van der Waals surface area contributed by atoms with E-state index >= 15 is 0 Å². The molecule has 2 aromatic heterocycles. The second kappa shape index (κ2) is 9.67. The van der Waals surface area contributed by atoms with Crippen molar-refractivity contribution in [2.45, 2.75) is 5.16 Å². The van der Waals surface area contributed by atoms with E-state index in [0.29, 0.717) is 22.4 Å². The van der Waals surface area contributed by atoms with Crippen LogP contribution in [-0.2, 0) is 4.79 Å². The van der Waals surface area contributed by atoms with Gasteiger partial charge in [0, 0.05) is 11.3 Å². The molecule has 0 saturated carbocycles. The minimum Gasteiger partial charge on any atom is -0.323 e. The first-order valence-corrected chi connectivity index (χ1v) is 11.3. The summed E-state index contributed by atoms with van der Waals surface area (Å²) >= 11 is 1.26. The van der Waals surface area contributed by atoms with E-state index in [1.807, 2.05) is 53.1 Å². The van der Waals surface area contributed by atoms with Crippen LogP contribution in [0.1, 0.15) is 0 Å². The zero-order valence-corrected chi connectivity index (χ0v) is 18.6. The Morgan fingerprint density at radius 2 is 1.71 bits per heavy atom. The monoisotopic (exact) mass is 471 g/mol. The van der Waals surface area contributed by atoms with Crippen LogP contribution in [-0.4, -0.2) is 41.2 Å². The summed E-state index contributed by atoms with van der Waals surface area (Å²) < 4.78 is 16.9. The van der Waals surface area contributed by atoms with Gasteiger partial charge in [-0.1, -0.05) is 42.1 Å². The van der Waals surface area contributed by atoms with Gasteiger partial charge in [0.25, 0.3) is 0 Å². The highest BCUT2D eigenvalue weighted by Crippen LogP contribution is 2.28. The van der Waals surface area contributed by atoms with Gasteiger partial charge >= 0.3 is 0 Å². The SMILES string of the molecule is O=C(CSc1nnc(-c2ccc(F)cc2)n1-c1ccccc1)Nc1ccccc1-n1cncn1. The van der Waals surface area contributed by atoms with E-state index in [2.05, 4.69) is 25.6 Å². The number of thioether (sulfide) groups is 1. The van der Waals surface area contributed by atoms with Crippen LogP contribution in [0.25, 0.3) is 22.8 Å².